The van der Waals surface area contributed by atoms with Crippen LogP contribution in [0.4, 0.5) is 0 Å². The van der Waals surface area contributed by atoms with Crippen LogP contribution in [-0.2, 0) is 11.3 Å². The molecule has 1 rings (SSSR count). The molecule has 0 aliphatic carbocycles. The molecule has 0 amide bonds. The molecule has 0 saturated carbocycles. The van der Waals surface area contributed by atoms with Crippen LogP contribution in [-0.4, -0.2) is 18.3 Å². The van der Waals surface area contributed by atoms with Crippen LogP contribution in [0.3, 0.4) is 0 Å². The standard InChI is InChI=1S/C14H20O3/c1-3-4-13(15)9-10-17-11-12-5-7-14(16-2)8-6-12/h5-10,13,15H,3-4,11H2,1-2H3. The van der Waals surface area contributed by atoms with Crippen molar-refractivity contribution in [1.82, 2.24) is 0 Å². The first-order chi connectivity index (χ1) is 8.26. The number of hydrogen-bond acceptors (Lipinski definition) is 3. The second kappa shape index (κ2) is 7.74. The van der Waals surface area contributed by atoms with Gasteiger partial charge in [-0.05, 0) is 30.2 Å². The highest BCUT2D eigenvalue weighted by atomic mass is 16.5. The van der Waals surface area contributed by atoms with Crippen LogP contribution in [0.1, 0.15) is 25.3 Å². The summed E-state index contributed by atoms with van der Waals surface area (Å²) < 4.78 is 10.4. The van der Waals surface area contributed by atoms with Crippen molar-refractivity contribution in [3.63, 3.8) is 0 Å². The second-order valence-electron chi connectivity index (χ2n) is 3.84. The van der Waals surface area contributed by atoms with Crippen molar-refractivity contribution in [1.29, 1.82) is 0 Å². The van der Waals surface area contributed by atoms with E-state index in [2.05, 4.69) is 0 Å². The number of methoxy groups -OCH3 is 1. The Balaban J connectivity index is 2.30. The van der Waals surface area contributed by atoms with Crippen LogP contribution < -0.4 is 4.74 Å². The van der Waals surface area contributed by atoms with E-state index in [1.54, 1.807) is 19.4 Å². The van der Waals surface area contributed by atoms with Crippen LogP contribution in [0, 0.1) is 0 Å². The summed E-state index contributed by atoms with van der Waals surface area (Å²) in [6.45, 7) is 2.54. The van der Waals surface area contributed by atoms with Crippen LogP contribution in [0.2, 0.25) is 0 Å². The van der Waals surface area contributed by atoms with E-state index in [0.29, 0.717) is 6.61 Å². The number of aliphatic hydroxyl groups excluding tert-OH is 1. The summed E-state index contributed by atoms with van der Waals surface area (Å²) in [7, 11) is 1.64. The third kappa shape index (κ3) is 5.41. The fourth-order valence-electron chi connectivity index (χ4n) is 1.40. The third-order valence-electron chi connectivity index (χ3n) is 2.39. The van der Waals surface area contributed by atoms with Gasteiger partial charge in [0.2, 0.25) is 0 Å². The van der Waals surface area contributed by atoms with Gasteiger partial charge in [0.05, 0.1) is 19.5 Å². The lowest BCUT2D eigenvalue weighted by atomic mass is 10.2. The maximum Gasteiger partial charge on any atom is 0.118 e. The molecule has 0 fully saturated rings. The molecule has 0 bridgehead atoms. The van der Waals surface area contributed by atoms with Gasteiger partial charge in [0.15, 0.2) is 0 Å². The predicted molar refractivity (Wildman–Crippen MR) is 67.8 cm³/mol. The Morgan fingerprint density at radius 2 is 2.00 bits per heavy atom. The van der Waals surface area contributed by atoms with Gasteiger partial charge in [-0.15, -0.1) is 0 Å². The zero-order valence-electron chi connectivity index (χ0n) is 10.4. The van der Waals surface area contributed by atoms with Gasteiger partial charge in [0.25, 0.3) is 0 Å². The minimum absolute atomic E-state index is 0.407. The molecule has 94 valence electrons. The second-order valence-corrected chi connectivity index (χ2v) is 3.84. The molecule has 1 atom stereocenters. The molecule has 0 saturated heterocycles. The molecule has 1 N–H and O–H groups in total. The van der Waals surface area contributed by atoms with Crippen molar-refractivity contribution >= 4 is 0 Å². The molecule has 0 heterocycles. The number of aliphatic hydroxyl groups is 1. The average molecular weight is 236 g/mol. The van der Waals surface area contributed by atoms with Crippen LogP contribution in [0.25, 0.3) is 0 Å². The molecule has 1 aromatic carbocycles. The lowest BCUT2D eigenvalue weighted by molar-refractivity contribution is 0.194. The summed E-state index contributed by atoms with van der Waals surface area (Å²) in [4.78, 5) is 0. The highest BCUT2D eigenvalue weighted by Crippen LogP contribution is 2.12. The molecule has 3 nitrogen and oxygen atoms in total. The van der Waals surface area contributed by atoms with Crippen molar-refractivity contribution in [3.8, 4) is 5.75 Å². The molecule has 3 heteroatoms. The zero-order chi connectivity index (χ0) is 12.5. The largest absolute Gasteiger partial charge is 0.497 e. The summed E-state index contributed by atoms with van der Waals surface area (Å²) in [5, 5.41) is 9.43. The van der Waals surface area contributed by atoms with Gasteiger partial charge in [0.1, 0.15) is 12.4 Å². The van der Waals surface area contributed by atoms with E-state index in [0.717, 1.165) is 24.2 Å². The summed E-state index contributed by atoms with van der Waals surface area (Å²) in [6.07, 6.45) is 4.56. The highest BCUT2D eigenvalue weighted by molar-refractivity contribution is 5.26. The summed E-state index contributed by atoms with van der Waals surface area (Å²) in [5.74, 6) is 0.836. The fraction of sp³-hybridized carbons (Fsp3) is 0.429. The molecule has 1 aromatic rings. The Bertz CT molecular complexity index is 330. The highest BCUT2D eigenvalue weighted by Gasteiger charge is 1.96. The van der Waals surface area contributed by atoms with Crippen LogP contribution >= 0.6 is 0 Å². The molecule has 0 aromatic heterocycles. The molecule has 0 radical (unpaired) electrons. The van der Waals surface area contributed by atoms with Gasteiger partial charge in [0, 0.05) is 0 Å². The molecule has 0 aliphatic heterocycles. The van der Waals surface area contributed by atoms with Gasteiger partial charge >= 0.3 is 0 Å². The van der Waals surface area contributed by atoms with E-state index in [9.17, 15) is 5.11 Å². The van der Waals surface area contributed by atoms with E-state index < -0.39 is 6.10 Å². The Morgan fingerprint density at radius 1 is 1.29 bits per heavy atom. The van der Waals surface area contributed by atoms with E-state index in [-0.39, 0.29) is 0 Å². The Kier molecular flexibility index (Phi) is 6.18. The van der Waals surface area contributed by atoms with Crippen LogP contribution in [0.15, 0.2) is 36.6 Å². The average Bonchev–Trinajstić information content (AvgIpc) is 2.36. The van der Waals surface area contributed by atoms with Crippen molar-refractivity contribution in [2.24, 2.45) is 0 Å². The first-order valence-corrected chi connectivity index (χ1v) is 5.85. The minimum Gasteiger partial charge on any atom is -0.497 e. The predicted octanol–water partition coefficient (Wildman–Crippen LogP) is 2.89. The molecule has 1 unspecified atom stereocenters. The first-order valence-electron chi connectivity index (χ1n) is 5.85. The Labute approximate surface area is 103 Å². The van der Waals surface area contributed by atoms with Crippen molar-refractivity contribution in [2.45, 2.75) is 32.5 Å². The monoisotopic (exact) mass is 236 g/mol. The topological polar surface area (TPSA) is 38.7 Å². The van der Waals surface area contributed by atoms with Gasteiger partial charge in [-0.25, -0.2) is 0 Å². The van der Waals surface area contributed by atoms with Crippen molar-refractivity contribution in [2.75, 3.05) is 7.11 Å². The fourth-order valence-corrected chi connectivity index (χ4v) is 1.40. The summed E-state index contributed by atoms with van der Waals surface area (Å²) in [6, 6.07) is 7.70. The quantitative estimate of drug-likeness (QED) is 0.740. The lowest BCUT2D eigenvalue weighted by Crippen LogP contribution is -2.00. The maximum atomic E-state index is 9.43. The summed E-state index contributed by atoms with van der Waals surface area (Å²) in [5.41, 5.74) is 1.07. The zero-order valence-corrected chi connectivity index (χ0v) is 10.4. The van der Waals surface area contributed by atoms with Gasteiger partial charge in [-0.2, -0.15) is 0 Å². The number of rotatable bonds is 7. The summed E-state index contributed by atoms with van der Waals surface area (Å²) >= 11 is 0. The molecular weight excluding hydrogens is 216 g/mol. The van der Waals surface area contributed by atoms with Gasteiger partial charge < -0.3 is 14.6 Å². The Morgan fingerprint density at radius 3 is 2.59 bits per heavy atom. The smallest absolute Gasteiger partial charge is 0.118 e. The van der Waals surface area contributed by atoms with Crippen molar-refractivity contribution in [3.05, 3.63) is 42.2 Å². The number of hydrogen-bond donors (Lipinski definition) is 1. The number of ether oxygens (including phenoxy) is 2. The van der Waals surface area contributed by atoms with E-state index in [1.807, 2.05) is 31.2 Å². The van der Waals surface area contributed by atoms with Crippen LogP contribution in [0.5, 0.6) is 5.75 Å². The molecular formula is C14H20O3. The normalized spacial score (nSPS) is 12.6. The lowest BCUT2D eigenvalue weighted by Gasteiger charge is -2.05. The third-order valence-corrected chi connectivity index (χ3v) is 2.39. The number of benzene rings is 1. The minimum atomic E-state index is -0.407. The Hall–Kier alpha value is -1.48. The van der Waals surface area contributed by atoms with E-state index in [4.69, 9.17) is 9.47 Å². The van der Waals surface area contributed by atoms with Gasteiger partial charge in [-0.3, -0.25) is 0 Å². The first kappa shape index (κ1) is 13.6. The van der Waals surface area contributed by atoms with E-state index >= 15 is 0 Å². The maximum absolute atomic E-state index is 9.43. The molecule has 17 heavy (non-hydrogen) atoms. The SMILES string of the molecule is CCCC(O)C=COCc1ccc(OC)cc1. The van der Waals surface area contributed by atoms with E-state index in [1.165, 1.54) is 0 Å². The molecule has 0 aliphatic rings. The van der Waals surface area contributed by atoms with Crippen molar-refractivity contribution < 1.29 is 14.6 Å². The molecule has 0 spiro atoms. The van der Waals surface area contributed by atoms with Gasteiger partial charge in [-0.1, -0.05) is 25.5 Å².